The minimum absolute atomic E-state index is 0.0168. The van der Waals surface area contributed by atoms with Crippen molar-refractivity contribution in [2.24, 2.45) is 0 Å². The van der Waals surface area contributed by atoms with Crippen molar-refractivity contribution in [3.05, 3.63) is 47.2 Å². The van der Waals surface area contributed by atoms with Crippen LogP contribution in [0.2, 0.25) is 0 Å². The molecule has 1 aliphatic rings. The zero-order valence-electron chi connectivity index (χ0n) is 11.6. The van der Waals surface area contributed by atoms with Crippen LogP contribution >= 0.6 is 0 Å². The van der Waals surface area contributed by atoms with Crippen molar-refractivity contribution in [2.75, 3.05) is 0 Å². The van der Waals surface area contributed by atoms with Gasteiger partial charge in [-0.1, -0.05) is 13.0 Å². The van der Waals surface area contributed by atoms with Crippen LogP contribution in [0.15, 0.2) is 36.1 Å². The van der Waals surface area contributed by atoms with Crippen molar-refractivity contribution in [1.82, 2.24) is 0 Å². The fraction of sp³-hybridized carbons (Fsp3) is 0.125. The predicted molar refractivity (Wildman–Crippen MR) is 78.1 cm³/mol. The molecule has 2 aromatic rings. The Bertz CT molecular complexity index is 770. The lowest BCUT2D eigenvalue weighted by Crippen LogP contribution is -2.13. The number of hydrogen-bond donors (Lipinski definition) is 5. The summed E-state index contributed by atoms with van der Waals surface area (Å²) in [6.07, 6.45) is 0. The first-order valence-electron chi connectivity index (χ1n) is 6.57. The van der Waals surface area contributed by atoms with Gasteiger partial charge >= 0.3 is 0 Å². The number of aromatic hydroxyl groups is 4. The minimum atomic E-state index is -0.647. The monoisotopic (exact) mass is 302 g/mol. The molecule has 0 bridgehead atoms. The van der Waals surface area contributed by atoms with E-state index in [0.717, 1.165) is 0 Å². The van der Waals surface area contributed by atoms with Crippen LogP contribution in [-0.2, 0) is 0 Å². The Morgan fingerprint density at radius 3 is 2.18 bits per heavy atom. The van der Waals surface area contributed by atoms with Crippen LogP contribution in [0.4, 0.5) is 0 Å². The maximum atomic E-state index is 10.3. The van der Waals surface area contributed by atoms with E-state index in [1.807, 2.05) is 0 Å². The van der Waals surface area contributed by atoms with Crippen LogP contribution in [0.1, 0.15) is 24.0 Å². The second kappa shape index (κ2) is 4.77. The number of ether oxygens (including phenoxy) is 1. The summed E-state index contributed by atoms with van der Waals surface area (Å²) in [5.74, 6) is -1.76. The average Bonchev–Trinajstić information content (AvgIpc) is 2.47. The molecule has 2 aromatic carbocycles. The summed E-state index contributed by atoms with van der Waals surface area (Å²) in [6.45, 7) is 1.76. The Hall–Kier alpha value is -3.02. The first-order chi connectivity index (χ1) is 10.4. The van der Waals surface area contributed by atoms with Crippen LogP contribution in [0.5, 0.6) is 28.7 Å². The lowest BCUT2D eigenvalue weighted by Gasteiger charge is -2.25. The van der Waals surface area contributed by atoms with Crippen LogP contribution in [0.3, 0.4) is 0 Å². The molecule has 3 rings (SSSR count). The average molecular weight is 302 g/mol. The van der Waals surface area contributed by atoms with Crippen LogP contribution in [0.25, 0.3) is 5.76 Å². The van der Waals surface area contributed by atoms with Gasteiger partial charge in [0, 0.05) is 23.1 Å². The van der Waals surface area contributed by atoms with E-state index in [4.69, 9.17) is 4.74 Å². The first-order valence-corrected chi connectivity index (χ1v) is 6.57. The molecule has 1 heterocycles. The highest BCUT2D eigenvalue weighted by molar-refractivity contribution is 5.72. The van der Waals surface area contributed by atoms with Crippen molar-refractivity contribution < 1.29 is 30.3 Å². The van der Waals surface area contributed by atoms with E-state index in [0.29, 0.717) is 11.3 Å². The third-order valence-electron chi connectivity index (χ3n) is 3.65. The van der Waals surface area contributed by atoms with Gasteiger partial charge in [-0.3, -0.25) is 0 Å². The van der Waals surface area contributed by atoms with Crippen LogP contribution in [0, 0.1) is 0 Å². The summed E-state index contributed by atoms with van der Waals surface area (Å²) in [4.78, 5) is 0. The molecule has 1 aliphatic heterocycles. The summed E-state index contributed by atoms with van der Waals surface area (Å²) >= 11 is 0. The molecule has 0 aromatic heterocycles. The molecule has 0 saturated carbocycles. The lowest BCUT2D eigenvalue weighted by molar-refractivity contribution is 0.333. The fourth-order valence-electron chi connectivity index (χ4n) is 2.42. The standard InChI is InChI=1S/C16H14O6/c1-7-10-3-2-9(17)6-13(10)22-16(14(7)20)8-4-11(18)15(21)12(19)5-8/h2-7,17-21H,1H3. The molecule has 0 fully saturated rings. The molecular weight excluding hydrogens is 288 g/mol. The SMILES string of the molecule is CC1C(O)=C(c2cc(O)c(O)c(O)c2)Oc2cc(O)ccc21. The zero-order chi connectivity index (χ0) is 16.0. The van der Waals surface area contributed by atoms with Gasteiger partial charge in [0.25, 0.3) is 0 Å². The Kier molecular flexibility index (Phi) is 3.02. The van der Waals surface area contributed by atoms with E-state index < -0.39 is 23.2 Å². The Labute approximate surface area is 125 Å². The van der Waals surface area contributed by atoms with Gasteiger partial charge in [0.2, 0.25) is 0 Å². The van der Waals surface area contributed by atoms with Gasteiger partial charge in [-0.05, 0) is 18.2 Å². The number of phenols is 4. The van der Waals surface area contributed by atoms with Gasteiger partial charge in [0.05, 0.1) is 0 Å². The molecule has 6 nitrogen and oxygen atoms in total. The lowest BCUT2D eigenvalue weighted by atomic mass is 9.93. The molecule has 114 valence electrons. The molecule has 0 saturated heterocycles. The molecular formula is C16H14O6. The molecule has 0 amide bonds. The number of aliphatic hydroxyl groups is 1. The number of rotatable bonds is 1. The van der Waals surface area contributed by atoms with E-state index in [1.165, 1.54) is 24.3 Å². The fourth-order valence-corrected chi connectivity index (χ4v) is 2.42. The third-order valence-corrected chi connectivity index (χ3v) is 3.65. The summed E-state index contributed by atoms with van der Waals surface area (Å²) in [5.41, 5.74) is 0.900. The second-order valence-corrected chi connectivity index (χ2v) is 5.12. The Morgan fingerprint density at radius 2 is 1.55 bits per heavy atom. The number of phenolic OH excluding ortho intramolecular Hbond substituents is 4. The van der Waals surface area contributed by atoms with E-state index in [1.54, 1.807) is 13.0 Å². The van der Waals surface area contributed by atoms with Gasteiger partial charge < -0.3 is 30.3 Å². The molecule has 1 atom stereocenters. The van der Waals surface area contributed by atoms with E-state index >= 15 is 0 Å². The molecule has 5 N–H and O–H groups in total. The highest BCUT2D eigenvalue weighted by Gasteiger charge is 2.28. The van der Waals surface area contributed by atoms with Crippen molar-refractivity contribution in [1.29, 1.82) is 0 Å². The molecule has 0 radical (unpaired) electrons. The van der Waals surface area contributed by atoms with Gasteiger partial charge in [0.15, 0.2) is 23.0 Å². The Morgan fingerprint density at radius 1 is 0.909 bits per heavy atom. The van der Waals surface area contributed by atoms with E-state index in [9.17, 15) is 25.5 Å². The molecule has 0 aliphatic carbocycles. The summed E-state index contributed by atoms with van der Waals surface area (Å²) in [5, 5.41) is 48.5. The summed E-state index contributed by atoms with van der Waals surface area (Å²) in [7, 11) is 0. The number of fused-ring (bicyclic) bond motifs is 1. The smallest absolute Gasteiger partial charge is 0.200 e. The van der Waals surface area contributed by atoms with Crippen LogP contribution in [-0.4, -0.2) is 25.5 Å². The summed E-state index contributed by atoms with van der Waals surface area (Å²) in [6, 6.07) is 6.89. The van der Waals surface area contributed by atoms with Crippen molar-refractivity contribution >= 4 is 5.76 Å². The quantitative estimate of drug-likeness (QED) is 0.518. The highest BCUT2D eigenvalue weighted by atomic mass is 16.5. The normalized spacial score (nSPS) is 17.0. The number of aliphatic hydroxyl groups excluding tert-OH is 1. The molecule has 1 unspecified atom stereocenters. The minimum Gasteiger partial charge on any atom is -0.508 e. The number of hydrogen-bond acceptors (Lipinski definition) is 6. The predicted octanol–water partition coefficient (Wildman–Crippen LogP) is 2.93. The van der Waals surface area contributed by atoms with Gasteiger partial charge in [-0.15, -0.1) is 0 Å². The highest BCUT2D eigenvalue weighted by Crippen LogP contribution is 2.44. The summed E-state index contributed by atoms with van der Waals surface area (Å²) < 4.78 is 5.60. The maximum Gasteiger partial charge on any atom is 0.200 e. The van der Waals surface area contributed by atoms with Crippen molar-refractivity contribution in [2.45, 2.75) is 12.8 Å². The number of allylic oxidation sites excluding steroid dienone is 1. The van der Waals surface area contributed by atoms with Gasteiger partial charge in [-0.25, -0.2) is 0 Å². The molecule has 0 spiro atoms. The maximum absolute atomic E-state index is 10.3. The van der Waals surface area contributed by atoms with E-state index in [2.05, 4.69) is 0 Å². The van der Waals surface area contributed by atoms with Crippen molar-refractivity contribution in [3.8, 4) is 28.7 Å². The number of benzene rings is 2. The zero-order valence-corrected chi connectivity index (χ0v) is 11.6. The van der Waals surface area contributed by atoms with Crippen LogP contribution < -0.4 is 4.74 Å². The topological polar surface area (TPSA) is 110 Å². The van der Waals surface area contributed by atoms with E-state index in [-0.39, 0.29) is 22.8 Å². The van der Waals surface area contributed by atoms with Gasteiger partial charge in [0.1, 0.15) is 17.3 Å². The largest absolute Gasteiger partial charge is 0.508 e. The molecule has 22 heavy (non-hydrogen) atoms. The van der Waals surface area contributed by atoms with Crippen molar-refractivity contribution in [3.63, 3.8) is 0 Å². The molecule has 6 heteroatoms. The Balaban J connectivity index is 2.14. The van der Waals surface area contributed by atoms with Gasteiger partial charge in [-0.2, -0.15) is 0 Å². The first kappa shape index (κ1) is 13.9. The third kappa shape index (κ3) is 2.05. The second-order valence-electron chi connectivity index (χ2n) is 5.12.